The summed E-state index contributed by atoms with van der Waals surface area (Å²) >= 11 is 0. The molecule has 0 aliphatic carbocycles. The number of rotatable bonds is 6. The number of fused-ring (bicyclic) bond motifs is 2. The number of likely N-dealkylation sites (tertiary alicyclic amines) is 1. The Morgan fingerprint density at radius 1 is 1.08 bits per heavy atom. The molecule has 0 amide bonds. The van der Waals surface area contributed by atoms with Gasteiger partial charge in [-0.15, -0.1) is 13.2 Å². The average Bonchev–Trinajstić information content (AvgIpc) is 3.69. The molecular weight excluding hydrogens is 625 g/mol. The van der Waals surface area contributed by atoms with Crippen LogP contribution >= 0.6 is 0 Å². The van der Waals surface area contributed by atoms with Crippen molar-refractivity contribution in [1.82, 2.24) is 34.0 Å². The van der Waals surface area contributed by atoms with E-state index in [1.165, 1.54) is 19.5 Å². The van der Waals surface area contributed by atoms with E-state index in [1.54, 1.807) is 11.4 Å². The first kappa shape index (κ1) is 37.1. The molecule has 0 bridgehead atoms. The standard InChI is InChI=1S/C21H21N5.C9H17N.C8H9F3N2/c1-6-7-25-12-18(13(2)3)17-9-19(23-15(5)21(17)25)16-10-22-20-8-14(4)24-26(20)11-16;1-5-9-6-7(2)8(3)10(9)4;1-5-3-4-6(8(9,10)11)13-7(5)12-2/h6,8-12H,1-2,7H2,3-5H3;5,7-9H,1,6H2,2-4H3;3-4H,1-2H3,(H,12,13). The SMILES string of the molecule is C=CC1CC(C)C(C)N1C.C=CCn1cc(C(=C)C)c2cc(-c3cnc4cc(C)nn4c3)nc(C)c21.CNc1nc(C(F)(F)F)ccc1C. The van der Waals surface area contributed by atoms with E-state index in [9.17, 15) is 13.2 Å². The summed E-state index contributed by atoms with van der Waals surface area (Å²) in [5, 5.41) is 8.20. The Morgan fingerprint density at radius 2 is 1.80 bits per heavy atom. The Bertz CT molecular complexity index is 1970. The van der Waals surface area contributed by atoms with E-state index in [2.05, 4.69) is 88.8 Å². The van der Waals surface area contributed by atoms with Crippen molar-refractivity contribution in [2.24, 2.45) is 5.92 Å². The average molecular weight is 673 g/mol. The molecule has 3 atom stereocenters. The van der Waals surface area contributed by atoms with Crippen molar-refractivity contribution in [2.75, 3.05) is 19.4 Å². The van der Waals surface area contributed by atoms with E-state index in [-0.39, 0.29) is 5.82 Å². The number of anilines is 1. The zero-order valence-corrected chi connectivity index (χ0v) is 29.7. The third-order valence-corrected chi connectivity index (χ3v) is 9.04. The van der Waals surface area contributed by atoms with E-state index in [4.69, 9.17) is 4.98 Å². The number of halogens is 3. The minimum Gasteiger partial charge on any atom is -0.373 e. The highest BCUT2D eigenvalue weighted by atomic mass is 19.4. The maximum atomic E-state index is 12.1. The fourth-order valence-corrected chi connectivity index (χ4v) is 6.07. The Kier molecular flexibility index (Phi) is 11.5. The fraction of sp³-hybridized carbons (Fsp3) is 0.368. The Labute approximate surface area is 287 Å². The largest absolute Gasteiger partial charge is 0.433 e. The second-order valence-corrected chi connectivity index (χ2v) is 12.7. The van der Waals surface area contributed by atoms with E-state index >= 15 is 0 Å². The summed E-state index contributed by atoms with van der Waals surface area (Å²) in [5.74, 6) is 1.09. The molecule has 0 radical (unpaired) electrons. The zero-order valence-electron chi connectivity index (χ0n) is 29.7. The molecule has 0 aromatic carbocycles. The van der Waals surface area contributed by atoms with Gasteiger partial charge in [0, 0.05) is 66.8 Å². The third kappa shape index (κ3) is 8.28. The number of aryl methyl sites for hydroxylation is 3. The van der Waals surface area contributed by atoms with Gasteiger partial charge in [0.05, 0.1) is 22.6 Å². The molecule has 0 spiro atoms. The number of alkyl halides is 3. The molecule has 1 N–H and O–H groups in total. The highest BCUT2D eigenvalue weighted by Gasteiger charge is 2.33. The van der Waals surface area contributed by atoms with E-state index in [0.717, 1.165) is 74.9 Å². The van der Waals surface area contributed by atoms with Crippen LogP contribution in [0.4, 0.5) is 19.0 Å². The fourth-order valence-electron chi connectivity index (χ4n) is 6.07. The number of nitrogens with one attached hydrogen (secondary N) is 1. The predicted molar refractivity (Wildman–Crippen MR) is 195 cm³/mol. The van der Waals surface area contributed by atoms with Crippen molar-refractivity contribution in [2.45, 2.75) is 72.8 Å². The van der Waals surface area contributed by atoms with Crippen LogP contribution in [0.2, 0.25) is 0 Å². The van der Waals surface area contributed by atoms with Crippen molar-refractivity contribution < 1.29 is 13.2 Å². The lowest BCUT2D eigenvalue weighted by Gasteiger charge is -2.20. The van der Waals surface area contributed by atoms with Gasteiger partial charge < -0.3 is 9.88 Å². The number of likely N-dealkylation sites (N-methyl/N-ethyl adjacent to an activating group) is 1. The normalized spacial score (nSPS) is 17.7. The monoisotopic (exact) mass is 672 g/mol. The number of nitrogens with zero attached hydrogens (tertiary/aromatic N) is 7. The van der Waals surface area contributed by atoms with Gasteiger partial charge in [-0.3, -0.25) is 9.88 Å². The molecule has 1 aliphatic heterocycles. The molecule has 6 rings (SSSR count). The van der Waals surface area contributed by atoms with Crippen molar-refractivity contribution in [3.05, 3.63) is 103 Å². The van der Waals surface area contributed by atoms with Gasteiger partial charge >= 0.3 is 6.18 Å². The molecule has 6 heterocycles. The summed E-state index contributed by atoms with van der Waals surface area (Å²) in [6, 6.07) is 7.77. The molecule has 49 heavy (non-hydrogen) atoms. The molecule has 8 nitrogen and oxygen atoms in total. The van der Waals surface area contributed by atoms with E-state index < -0.39 is 11.9 Å². The lowest BCUT2D eigenvalue weighted by molar-refractivity contribution is -0.141. The first-order chi connectivity index (χ1) is 23.1. The van der Waals surface area contributed by atoms with Crippen LogP contribution in [0.1, 0.15) is 55.4 Å². The van der Waals surface area contributed by atoms with Crippen LogP contribution in [0.5, 0.6) is 0 Å². The maximum absolute atomic E-state index is 12.1. The van der Waals surface area contributed by atoms with Gasteiger partial charge in [-0.1, -0.05) is 31.7 Å². The number of hydrogen-bond donors (Lipinski definition) is 1. The van der Waals surface area contributed by atoms with Crippen LogP contribution in [-0.4, -0.2) is 60.2 Å². The molecule has 5 aromatic heterocycles. The highest BCUT2D eigenvalue weighted by Crippen LogP contribution is 2.32. The van der Waals surface area contributed by atoms with Crippen LogP contribution < -0.4 is 5.32 Å². The number of hydrogen-bond acceptors (Lipinski definition) is 6. The van der Waals surface area contributed by atoms with Gasteiger partial charge in [0.2, 0.25) is 0 Å². The van der Waals surface area contributed by atoms with Crippen molar-refractivity contribution >= 4 is 27.9 Å². The van der Waals surface area contributed by atoms with Gasteiger partial charge in [-0.2, -0.15) is 18.3 Å². The first-order valence-electron chi connectivity index (χ1n) is 16.3. The molecule has 3 unspecified atom stereocenters. The molecule has 11 heteroatoms. The van der Waals surface area contributed by atoms with Crippen LogP contribution in [0.3, 0.4) is 0 Å². The topological polar surface area (TPSA) is 76.2 Å². The summed E-state index contributed by atoms with van der Waals surface area (Å²) in [6.07, 6.45) is 6.81. The van der Waals surface area contributed by atoms with Gasteiger partial charge in [0.25, 0.3) is 0 Å². The summed E-state index contributed by atoms with van der Waals surface area (Å²) < 4.78 is 40.4. The summed E-state index contributed by atoms with van der Waals surface area (Å²) in [6.45, 7) is 24.9. The van der Waals surface area contributed by atoms with Crippen LogP contribution in [0.25, 0.3) is 33.4 Å². The van der Waals surface area contributed by atoms with E-state index in [1.807, 2.05) is 45.3 Å². The number of pyridine rings is 2. The van der Waals surface area contributed by atoms with Crippen LogP contribution in [0.15, 0.2) is 74.7 Å². The zero-order chi connectivity index (χ0) is 36.2. The molecule has 1 saturated heterocycles. The Morgan fingerprint density at radius 3 is 2.35 bits per heavy atom. The van der Waals surface area contributed by atoms with Crippen LogP contribution in [0, 0.1) is 26.7 Å². The van der Waals surface area contributed by atoms with Gasteiger partial charge in [-0.25, -0.2) is 14.5 Å². The second-order valence-electron chi connectivity index (χ2n) is 12.7. The highest BCUT2D eigenvalue weighted by molar-refractivity contribution is 5.95. The lowest BCUT2D eigenvalue weighted by atomic mass is 10.0. The maximum Gasteiger partial charge on any atom is 0.433 e. The molecular formula is C38H47F3N8. The second kappa shape index (κ2) is 15.2. The predicted octanol–water partition coefficient (Wildman–Crippen LogP) is 8.93. The Hall–Kier alpha value is -4.77. The minimum atomic E-state index is -4.38. The van der Waals surface area contributed by atoms with Crippen LogP contribution in [-0.2, 0) is 12.7 Å². The lowest BCUT2D eigenvalue weighted by Crippen LogP contribution is -2.29. The van der Waals surface area contributed by atoms with E-state index in [0.29, 0.717) is 11.6 Å². The molecule has 1 fully saturated rings. The Balaban J connectivity index is 0.000000195. The first-order valence-corrected chi connectivity index (χ1v) is 16.3. The number of allylic oxidation sites excluding steroid dienone is 2. The molecule has 1 aliphatic rings. The quantitative estimate of drug-likeness (QED) is 0.182. The van der Waals surface area contributed by atoms with Gasteiger partial charge in [-0.05, 0) is 77.3 Å². The smallest absolute Gasteiger partial charge is 0.373 e. The third-order valence-electron chi connectivity index (χ3n) is 9.04. The van der Waals surface area contributed by atoms with Gasteiger partial charge in [0.15, 0.2) is 5.65 Å². The number of aromatic nitrogens is 6. The van der Waals surface area contributed by atoms with Crippen molar-refractivity contribution in [3.63, 3.8) is 0 Å². The molecule has 0 saturated carbocycles. The minimum absolute atomic E-state index is 0.259. The summed E-state index contributed by atoms with van der Waals surface area (Å²) in [5.41, 5.74) is 7.69. The summed E-state index contributed by atoms with van der Waals surface area (Å²) in [4.78, 5) is 15.2. The van der Waals surface area contributed by atoms with Crippen molar-refractivity contribution in [1.29, 1.82) is 0 Å². The van der Waals surface area contributed by atoms with Gasteiger partial charge in [0.1, 0.15) is 11.5 Å². The molecule has 260 valence electrons. The molecule has 5 aromatic rings. The summed E-state index contributed by atoms with van der Waals surface area (Å²) in [7, 11) is 3.72. The van der Waals surface area contributed by atoms with Crippen molar-refractivity contribution in [3.8, 4) is 11.3 Å².